The molecule has 0 saturated carbocycles. The first-order valence-electron chi connectivity index (χ1n) is 5.49. The molecule has 0 aliphatic rings. The van der Waals surface area contributed by atoms with Crippen LogP contribution in [0.1, 0.15) is 24.9 Å². The maximum atomic E-state index is 9.80. The molecule has 1 unspecified atom stereocenters. The van der Waals surface area contributed by atoms with E-state index in [4.69, 9.17) is 10.5 Å². The number of benzene rings is 1. The van der Waals surface area contributed by atoms with E-state index < -0.39 is 0 Å². The number of methoxy groups -OCH3 is 1. The summed E-state index contributed by atoms with van der Waals surface area (Å²) < 4.78 is 5.03. The lowest BCUT2D eigenvalue weighted by molar-refractivity contribution is 0.404. The lowest BCUT2D eigenvalue weighted by atomic mass is 10.1. The topological polar surface area (TPSA) is 67.5 Å². The Hall–Kier alpha value is -1.26. The van der Waals surface area contributed by atoms with Crippen LogP contribution in [0.15, 0.2) is 18.2 Å². The summed E-state index contributed by atoms with van der Waals surface area (Å²) in [6, 6.07) is 5.44. The van der Waals surface area contributed by atoms with Crippen LogP contribution in [0.4, 0.5) is 0 Å². The number of hydrogen-bond acceptors (Lipinski definition) is 4. The van der Waals surface area contributed by atoms with Crippen LogP contribution in [0.2, 0.25) is 0 Å². The summed E-state index contributed by atoms with van der Waals surface area (Å²) in [6.07, 6.45) is 0.932. The number of nitrogens with one attached hydrogen (secondary N) is 1. The highest BCUT2D eigenvalue weighted by atomic mass is 16.5. The molecule has 0 aliphatic heterocycles. The number of hydrogen-bond donors (Lipinski definition) is 3. The van der Waals surface area contributed by atoms with Crippen molar-refractivity contribution in [2.45, 2.75) is 19.4 Å². The Morgan fingerprint density at radius 1 is 1.50 bits per heavy atom. The van der Waals surface area contributed by atoms with E-state index >= 15 is 0 Å². The van der Waals surface area contributed by atoms with E-state index in [2.05, 4.69) is 5.32 Å². The Kier molecular flexibility index (Phi) is 5.08. The zero-order chi connectivity index (χ0) is 12.0. The average Bonchev–Trinajstić information content (AvgIpc) is 2.29. The maximum absolute atomic E-state index is 9.80. The van der Waals surface area contributed by atoms with Gasteiger partial charge in [-0.3, -0.25) is 0 Å². The Labute approximate surface area is 96.4 Å². The molecule has 4 heteroatoms. The number of phenolic OH excluding ortho intramolecular Hbond substituents is 1. The van der Waals surface area contributed by atoms with E-state index in [9.17, 15) is 5.11 Å². The molecule has 0 radical (unpaired) electrons. The highest BCUT2D eigenvalue weighted by molar-refractivity contribution is 5.41. The Balaban J connectivity index is 2.64. The van der Waals surface area contributed by atoms with Gasteiger partial charge in [-0.1, -0.05) is 6.07 Å². The van der Waals surface area contributed by atoms with E-state index in [1.807, 2.05) is 19.1 Å². The molecule has 0 spiro atoms. The fourth-order valence-electron chi connectivity index (χ4n) is 1.55. The number of phenols is 1. The molecule has 1 rings (SSSR count). The molecule has 4 N–H and O–H groups in total. The van der Waals surface area contributed by atoms with Crippen LogP contribution in [0.5, 0.6) is 11.5 Å². The number of rotatable bonds is 6. The number of ether oxygens (including phenoxy) is 1. The predicted molar refractivity (Wildman–Crippen MR) is 64.7 cm³/mol. The van der Waals surface area contributed by atoms with Gasteiger partial charge in [0.15, 0.2) is 0 Å². The summed E-state index contributed by atoms with van der Waals surface area (Å²) in [7, 11) is 1.58. The van der Waals surface area contributed by atoms with Crippen molar-refractivity contribution in [3.63, 3.8) is 0 Å². The first-order chi connectivity index (χ1) is 7.69. The largest absolute Gasteiger partial charge is 0.507 e. The van der Waals surface area contributed by atoms with Gasteiger partial charge in [-0.2, -0.15) is 0 Å². The molecular weight excluding hydrogens is 204 g/mol. The van der Waals surface area contributed by atoms with Crippen molar-refractivity contribution in [3.05, 3.63) is 23.8 Å². The molecule has 1 aromatic carbocycles. The van der Waals surface area contributed by atoms with E-state index in [1.54, 1.807) is 13.2 Å². The highest BCUT2D eigenvalue weighted by Crippen LogP contribution is 2.28. The van der Waals surface area contributed by atoms with Crippen molar-refractivity contribution in [1.82, 2.24) is 5.32 Å². The zero-order valence-electron chi connectivity index (χ0n) is 9.86. The van der Waals surface area contributed by atoms with E-state index in [0.717, 1.165) is 18.5 Å². The van der Waals surface area contributed by atoms with Crippen molar-refractivity contribution >= 4 is 0 Å². The summed E-state index contributed by atoms with van der Waals surface area (Å²) in [6.45, 7) is 3.54. The second-order valence-electron chi connectivity index (χ2n) is 3.74. The van der Waals surface area contributed by atoms with Gasteiger partial charge >= 0.3 is 0 Å². The molecule has 0 heterocycles. The highest BCUT2D eigenvalue weighted by Gasteiger charge is 2.10. The van der Waals surface area contributed by atoms with Gasteiger partial charge in [-0.05, 0) is 32.5 Å². The Bertz CT molecular complexity index is 329. The minimum Gasteiger partial charge on any atom is -0.507 e. The van der Waals surface area contributed by atoms with Crippen LogP contribution >= 0.6 is 0 Å². The van der Waals surface area contributed by atoms with Crippen LogP contribution in [0, 0.1) is 0 Å². The monoisotopic (exact) mass is 224 g/mol. The van der Waals surface area contributed by atoms with Crippen LogP contribution in [-0.2, 0) is 0 Å². The molecule has 0 bridgehead atoms. The van der Waals surface area contributed by atoms with Gasteiger partial charge in [0.2, 0.25) is 0 Å². The lowest BCUT2D eigenvalue weighted by Crippen LogP contribution is -2.21. The molecule has 0 aliphatic carbocycles. The van der Waals surface area contributed by atoms with Gasteiger partial charge in [0, 0.05) is 17.7 Å². The van der Waals surface area contributed by atoms with Gasteiger partial charge in [-0.15, -0.1) is 0 Å². The number of aromatic hydroxyl groups is 1. The third kappa shape index (κ3) is 3.40. The number of nitrogens with two attached hydrogens (primary N) is 1. The standard InChI is InChI=1S/C12H20N2O2/c1-9(14-7-3-6-13)11-5-4-10(16-2)8-12(11)15/h4-5,8-9,14-15H,3,6-7,13H2,1-2H3. The van der Waals surface area contributed by atoms with Crippen LogP contribution in [-0.4, -0.2) is 25.3 Å². The maximum Gasteiger partial charge on any atom is 0.124 e. The predicted octanol–water partition coefficient (Wildman–Crippen LogP) is 1.40. The zero-order valence-corrected chi connectivity index (χ0v) is 9.86. The smallest absolute Gasteiger partial charge is 0.124 e. The van der Waals surface area contributed by atoms with Gasteiger partial charge in [-0.25, -0.2) is 0 Å². The Morgan fingerprint density at radius 2 is 2.25 bits per heavy atom. The summed E-state index contributed by atoms with van der Waals surface area (Å²) >= 11 is 0. The minimum atomic E-state index is 0.109. The lowest BCUT2D eigenvalue weighted by Gasteiger charge is -2.15. The molecule has 1 aromatic rings. The fraction of sp³-hybridized carbons (Fsp3) is 0.500. The molecule has 1 atom stereocenters. The third-order valence-corrected chi connectivity index (χ3v) is 2.54. The third-order valence-electron chi connectivity index (χ3n) is 2.54. The molecule has 0 aromatic heterocycles. The molecule has 4 nitrogen and oxygen atoms in total. The second-order valence-corrected chi connectivity index (χ2v) is 3.74. The van der Waals surface area contributed by atoms with Crippen molar-refractivity contribution in [2.24, 2.45) is 5.73 Å². The first-order valence-corrected chi connectivity index (χ1v) is 5.49. The average molecular weight is 224 g/mol. The quantitative estimate of drug-likeness (QED) is 0.639. The summed E-state index contributed by atoms with van der Waals surface area (Å²) in [5.41, 5.74) is 6.29. The van der Waals surface area contributed by atoms with Crippen LogP contribution < -0.4 is 15.8 Å². The van der Waals surface area contributed by atoms with Crippen molar-refractivity contribution < 1.29 is 9.84 Å². The molecule has 90 valence electrons. The van der Waals surface area contributed by atoms with E-state index in [-0.39, 0.29) is 11.8 Å². The van der Waals surface area contributed by atoms with Crippen molar-refractivity contribution in [2.75, 3.05) is 20.2 Å². The van der Waals surface area contributed by atoms with Crippen LogP contribution in [0.3, 0.4) is 0 Å². The summed E-state index contributed by atoms with van der Waals surface area (Å²) in [5, 5.41) is 13.1. The molecule has 0 fully saturated rings. The SMILES string of the molecule is COc1ccc(C(C)NCCCN)c(O)c1. The molecule has 16 heavy (non-hydrogen) atoms. The van der Waals surface area contributed by atoms with E-state index in [0.29, 0.717) is 12.3 Å². The minimum absolute atomic E-state index is 0.109. The van der Waals surface area contributed by atoms with E-state index in [1.165, 1.54) is 0 Å². The normalized spacial score (nSPS) is 12.4. The van der Waals surface area contributed by atoms with Crippen LogP contribution in [0.25, 0.3) is 0 Å². The summed E-state index contributed by atoms with van der Waals surface area (Å²) in [5.74, 6) is 0.919. The molecular formula is C12H20N2O2. The van der Waals surface area contributed by atoms with Gasteiger partial charge in [0.1, 0.15) is 11.5 Å². The Morgan fingerprint density at radius 3 is 2.81 bits per heavy atom. The summed E-state index contributed by atoms with van der Waals surface area (Å²) in [4.78, 5) is 0. The molecule has 0 saturated heterocycles. The van der Waals surface area contributed by atoms with Gasteiger partial charge in [0.05, 0.1) is 7.11 Å². The van der Waals surface area contributed by atoms with Crippen molar-refractivity contribution in [3.8, 4) is 11.5 Å². The van der Waals surface area contributed by atoms with Crippen molar-refractivity contribution in [1.29, 1.82) is 0 Å². The molecule has 0 amide bonds. The fourth-order valence-corrected chi connectivity index (χ4v) is 1.55. The van der Waals surface area contributed by atoms with Gasteiger partial charge < -0.3 is 20.9 Å². The van der Waals surface area contributed by atoms with Gasteiger partial charge in [0.25, 0.3) is 0 Å². The second kappa shape index (κ2) is 6.35. The first kappa shape index (κ1) is 12.8.